The van der Waals surface area contributed by atoms with Gasteiger partial charge in [-0.2, -0.15) is 5.26 Å². The number of aromatic nitrogens is 1. The number of nitriles is 1. The van der Waals surface area contributed by atoms with Crippen LogP contribution in [0.5, 0.6) is 0 Å². The number of pyridine rings is 1. The average molecular weight is 227 g/mol. The van der Waals surface area contributed by atoms with Crippen molar-refractivity contribution in [1.29, 1.82) is 5.26 Å². The van der Waals surface area contributed by atoms with Gasteiger partial charge in [0.25, 0.3) is 0 Å². The van der Waals surface area contributed by atoms with Gasteiger partial charge in [-0.05, 0) is 24.3 Å². The zero-order valence-electron chi connectivity index (χ0n) is 8.42. The van der Waals surface area contributed by atoms with Crippen molar-refractivity contribution < 1.29 is 0 Å². The van der Waals surface area contributed by atoms with Crippen LogP contribution in [-0.2, 0) is 0 Å². The highest BCUT2D eigenvalue weighted by Crippen LogP contribution is 2.30. The maximum atomic E-state index is 8.77. The molecule has 0 amide bonds. The Morgan fingerprint density at radius 3 is 2.81 bits per heavy atom. The fourth-order valence-corrected chi connectivity index (χ4v) is 2.08. The molecule has 4 heteroatoms. The molecule has 0 saturated heterocycles. The summed E-state index contributed by atoms with van der Waals surface area (Å²) in [4.78, 5) is 5.13. The molecule has 0 aliphatic carbocycles. The first-order valence-electron chi connectivity index (χ1n) is 4.68. The summed E-state index contributed by atoms with van der Waals surface area (Å²) in [6.45, 7) is 0. The van der Waals surface area contributed by atoms with Crippen LogP contribution in [0.4, 0.5) is 5.69 Å². The van der Waals surface area contributed by atoms with Gasteiger partial charge in [0.15, 0.2) is 0 Å². The maximum Gasteiger partial charge on any atom is 0.102 e. The molecule has 0 unspecified atom stereocenters. The van der Waals surface area contributed by atoms with Crippen molar-refractivity contribution in [3.8, 4) is 6.07 Å². The highest BCUT2D eigenvalue weighted by Gasteiger charge is 2.02. The van der Waals surface area contributed by atoms with Crippen LogP contribution < -0.4 is 5.73 Å². The van der Waals surface area contributed by atoms with E-state index < -0.39 is 0 Å². The molecular formula is C12H9N3S. The predicted octanol–water partition coefficient (Wildman–Crippen LogP) is 2.69. The molecule has 3 nitrogen and oxygen atoms in total. The molecule has 0 aliphatic rings. The van der Waals surface area contributed by atoms with Crippen molar-refractivity contribution in [3.05, 3.63) is 48.2 Å². The molecular weight excluding hydrogens is 218 g/mol. The normalized spacial score (nSPS) is 9.69. The molecule has 1 heterocycles. The van der Waals surface area contributed by atoms with E-state index in [0.717, 1.165) is 15.6 Å². The number of nitrogens with two attached hydrogens (primary N) is 1. The van der Waals surface area contributed by atoms with Crippen molar-refractivity contribution in [3.63, 3.8) is 0 Å². The van der Waals surface area contributed by atoms with Crippen LogP contribution in [0.25, 0.3) is 0 Å². The highest BCUT2D eigenvalue weighted by atomic mass is 32.2. The van der Waals surface area contributed by atoms with Gasteiger partial charge in [0.05, 0.1) is 11.6 Å². The molecule has 0 spiro atoms. The minimum absolute atomic E-state index is 0.604. The van der Waals surface area contributed by atoms with Crippen molar-refractivity contribution in [2.45, 2.75) is 9.92 Å². The van der Waals surface area contributed by atoms with E-state index in [9.17, 15) is 0 Å². The topological polar surface area (TPSA) is 62.7 Å². The molecule has 0 fully saturated rings. The zero-order chi connectivity index (χ0) is 11.4. The number of nitrogen functional groups attached to an aromatic ring is 1. The lowest BCUT2D eigenvalue weighted by molar-refractivity contribution is 1.12. The SMILES string of the molecule is N#Cc1ccnc(Sc2ccccc2N)c1. The van der Waals surface area contributed by atoms with Gasteiger partial charge >= 0.3 is 0 Å². The zero-order valence-corrected chi connectivity index (χ0v) is 9.24. The molecule has 0 radical (unpaired) electrons. The van der Waals surface area contributed by atoms with Crippen molar-refractivity contribution in [2.75, 3.05) is 5.73 Å². The highest BCUT2D eigenvalue weighted by molar-refractivity contribution is 7.99. The van der Waals surface area contributed by atoms with Crippen LogP contribution in [0.2, 0.25) is 0 Å². The molecule has 16 heavy (non-hydrogen) atoms. The standard InChI is InChI=1S/C12H9N3S/c13-8-9-5-6-15-12(7-9)16-11-4-2-1-3-10(11)14/h1-7H,14H2. The number of anilines is 1. The van der Waals surface area contributed by atoms with Crippen LogP contribution in [0, 0.1) is 11.3 Å². The largest absolute Gasteiger partial charge is 0.398 e. The first kappa shape index (κ1) is 10.5. The van der Waals surface area contributed by atoms with E-state index in [1.165, 1.54) is 11.8 Å². The smallest absolute Gasteiger partial charge is 0.102 e. The number of hydrogen-bond acceptors (Lipinski definition) is 4. The van der Waals surface area contributed by atoms with E-state index in [2.05, 4.69) is 11.1 Å². The lowest BCUT2D eigenvalue weighted by Crippen LogP contribution is -1.88. The second-order valence-electron chi connectivity index (χ2n) is 3.13. The number of benzene rings is 1. The molecule has 2 aromatic rings. The van der Waals surface area contributed by atoms with E-state index >= 15 is 0 Å². The Morgan fingerprint density at radius 2 is 2.06 bits per heavy atom. The van der Waals surface area contributed by atoms with E-state index in [0.29, 0.717) is 5.56 Å². The fraction of sp³-hybridized carbons (Fsp3) is 0. The number of hydrogen-bond donors (Lipinski definition) is 1. The van der Waals surface area contributed by atoms with E-state index in [1.54, 1.807) is 18.3 Å². The summed E-state index contributed by atoms with van der Waals surface area (Å²) in [6.07, 6.45) is 1.63. The van der Waals surface area contributed by atoms with Gasteiger partial charge in [0.2, 0.25) is 0 Å². The van der Waals surface area contributed by atoms with Gasteiger partial charge < -0.3 is 5.73 Å². The van der Waals surface area contributed by atoms with Crippen molar-refractivity contribution in [1.82, 2.24) is 4.98 Å². The van der Waals surface area contributed by atoms with Gasteiger partial charge in [0, 0.05) is 16.8 Å². The van der Waals surface area contributed by atoms with Crippen LogP contribution in [-0.4, -0.2) is 4.98 Å². The summed E-state index contributed by atoms with van der Waals surface area (Å²) in [5.74, 6) is 0. The molecule has 0 atom stereocenters. The molecule has 0 bridgehead atoms. The Morgan fingerprint density at radius 1 is 1.25 bits per heavy atom. The summed E-state index contributed by atoms with van der Waals surface area (Å²) in [6, 6.07) is 13.1. The Hall–Kier alpha value is -1.99. The summed E-state index contributed by atoms with van der Waals surface area (Å²) in [5.41, 5.74) is 7.15. The molecule has 0 aliphatic heterocycles. The van der Waals surface area contributed by atoms with E-state index in [1.807, 2.05) is 24.3 Å². The summed E-state index contributed by atoms with van der Waals surface area (Å²) in [7, 11) is 0. The van der Waals surface area contributed by atoms with E-state index in [-0.39, 0.29) is 0 Å². The molecule has 0 saturated carbocycles. The van der Waals surface area contributed by atoms with Gasteiger partial charge in [-0.25, -0.2) is 4.98 Å². The van der Waals surface area contributed by atoms with Gasteiger partial charge in [-0.15, -0.1) is 0 Å². The number of para-hydroxylation sites is 1. The molecule has 2 rings (SSSR count). The first-order chi connectivity index (χ1) is 7.79. The number of rotatable bonds is 2. The van der Waals surface area contributed by atoms with Crippen LogP contribution in [0.15, 0.2) is 52.5 Å². The Kier molecular flexibility index (Phi) is 3.08. The lowest BCUT2D eigenvalue weighted by Gasteiger charge is -2.03. The minimum Gasteiger partial charge on any atom is -0.398 e. The van der Waals surface area contributed by atoms with Crippen molar-refractivity contribution in [2.24, 2.45) is 0 Å². The summed E-state index contributed by atoms with van der Waals surface area (Å²) in [5, 5.41) is 9.55. The third-order valence-corrected chi connectivity index (χ3v) is 3.02. The third kappa shape index (κ3) is 2.33. The van der Waals surface area contributed by atoms with Crippen LogP contribution >= 0.6 is 11.8 Å². The second-order valence-corrected chi connectivity index (χ2v) is 4.20. The average Bonchev–Trinajstić information content (AvgIpc) is 2.32. The van der Waals surface area contributed by atoms with Gasteiger partial charge in [0.1, 0.15) is 5.03 Å². The van der Waals surface area contributed by atoms with Crippen molar-refractivity contribution >= 4 is 17.4 Å². The predicted molar refractivity (Wildman–Crippen MR) is 63.9 cm³/mol. The summed E-state index contributed by atoms with van der Waals surface area (Å²) >= 11 is 1.46. The maximum absolute atomic E-state index is 8.77. The molecule has 78 valence electrons. The van der Waals surface area contributed by atoms with Crippen LogP contribution in [0.1, 0.15) is 5.56 Å². The fourth-order valence-electron chi connectivity index (χ4n) is 1.22. The third-order valence-electron chi connectivity index (χ3n) is 2.00. The Bertz CT molecular complexity index is 546. The second kappa shape index (κ2) is 4.69. The Labute approximate surface area is 97.9 Å². The van der Waals surface area contributed by atoms with E-state index in [4.69, 9.17) is 11.0 Å². The summed E-state index contributed by atoms with van der Waals surface area (Å²) < 4.78 is 0. The monoisotopic (exact) mass is 227 g/mol. The quantitative estimate of drug-likeness (QED) is 0.801. The minimum atomic E-state index is 0.604. The number of nitrogens with zero attached hydrogens (tertiary/aromatic N) is 2. The molecule has 2 N–H and O–H groups in total. The molecule has 1 aromatic carbocycles. The van der Waals surface area contributed by atoms with Gasteiger partial charge in [-0.1, -0.05) is 23.9 Å². The molecule has 1 aromatic heterocycles. The van der Waals surface area contributed by atoms with Gasteiger partial charge in [-0.3, -0.25) is 0 Å². The van der Waals surface area contributed by atoms with Crippen LogP contribution in [0.3, 0.4) is 0 Å². The lowest BCUT2D eigenvalue weighted by atomic mass is 10.3. The first-order valence-corrected chi connectivity index (χ1v) is 5.50. The Balaban J connectivity index is 2.28.